The van der Waals surface area contributed by atoms with Crippen LogP contribution in [0.4, 0.5) is 5.82 Å². The highest BCUT2D eigenvalue weighted by Gasteiger charge is 2.44. The first-order valence-electron chi connectivity index (χ1n) is 10.0. The van der Waals surface area contributed by atoms with Gasteiger partial charge in [0.25, 0.3) is 5.91 Å². The Morgan fingerprint density at radius 2 is 1.79 bits per heavy atom. The Morgan fingerprint density at radius 3 is 2.48 bits per heavy atom. The number of amides is 1. The smallest absolute Gasteiger partial charge is 0.255 e. The number of aryl methyl sites for hydroxylation is 1. The van der Waals surface area contributed by atoms with Crippen molar-refractivity contribution in [3.05, 3.63) is 71.1 Å². The Kier molecular flexibility index (Phi) is 5.14. The van der Waals surface area contributed by atoms with Crippen LogP contribution >= 0.6 is 0 Å². The molecule has 5 nitrogen and oxygen atoms in total. The molecule has 5 heteroatoms. The van der Waals surface area contributed by atoms with Crippen LogP contribution in [0.25, 0.3) is 0 Å². The van der Waals surface area contributed by atoms with Gasteiger partial charge in [0.05, 0.1) is 5.92 Å². The van der Waals surface area contributed by atoms with E-state index in [4.69, 9.17) is 4.99 Å². The highest BCUT2D eigenvalue weighted by atomic mass is 16.2. The molecule has 2 aromatic rings. The third-order valence-electron chi connectivity index (χ3n) is 5.75. The minimum Gasteiger partial charge on any atom is -0.307 e. The third-order valence-corrected chi connectivity index (χ3v) is 5.75. The number of carbonyl (C=O) groups is 2. The monoisotopic (exact) mass is 387 g/mol. The number of Topliss-reactive ketones (excluding diaryl/α,β-unsaturated/α-hetero) is 1. The van der Waals surface area contributed by atoms with E-state index < -0.39 is 0 Å². The van der Waals surface area contributed by atoms with E-state index in [0.29, 0.717) is 23.5 Å². The van der Waals surface area contributed by atoms with Crippen molar-refractivity contribution in [3.63, 3.8) is 0 Å². The number of hydrogen-bond acceptors (Lipinski definition) is 4. The van der Waals surface area contributed by atoms with Crippen LogP contribution in [0.15, 0.2) is 64.9 Å². The highest BCUT2D eigenvalue weighted by molar-refractivity contribution is 6.14. The van der Waals surface area contributed by atoms with Gasteiger partial charge in [-0.3, -0.25) is 14.6 Å². The molecule has 2 aliphatic rings. The Labute approximate surface area is 171 Å². The molecule has 0 spiro atoms. The van der Waals surface area contributed by atoms with Gasteiger partial charge in [0.2, 0.25) is 0 Å². The van der Waals surface area contributed by atoms with E-state index in [0.717, 1.165) is 23.3 Å². The second kappa shape index (κ2) is 7.74. The molecule has 0 saturated heterocycles. The quantitative estimate of drug-likeness (QED) is 0.845. The molecule has 3 atom stereocenters. The molecular formula is C24H25N3O2. The summed E-state index contributed by atoms with van der Waals surface area (Å²) in [5, 5.41) is 2.88. The number of pyridine rings is 1. The lowest BCUT2D eigenvalue weighted by Crippen LogP contribution is -2.41. The first kappa shape index (κ1) is 19.2. The number of rotatable bonds is 3. The molecule has 1 saturated carbocycles. The molecule has 1 aromatic heterocycles. The van der Waals surface area contributed by atoms with Gasteiger partial charge >= 0.3 is 0 Å². The van der Waals surface area contributed by atoms with Gasteiger partial charge < -0.3 is 5.32 Å². The van der Waals surface area contributed by atoms with E-state index in [9.17, 15) is 9.59 Å². The fraction of sp³-hybridized carbons (Fsp3) is 0.333. The van der Waals surface area contributed by atoms with E-state index in [1.165, 1.54) is 0 Å². The molecule has 0 bridgehead atoms. The van der Waals surface area contributed by atoms with Crippen LogP contribution in [0.3, 0.4) is 0 Å². The molecule has 4 rings (SSSR count). The topological polar surface area (TPSA) is 71.4 Å². The van der Waals surface area contributed by atoms with Crippen molar-refractivity contribution in [2.24, 2.45) is 16.8 Å². The number of benzene rings is 1. The predicted octanol–water partition coefficient (Wildman–Crippen LogP) is 4.46. The summed E-state index contributed by atoms with van der Waals surface area (Å²) in [7, 11) is 0. The first-order chi connectivity index (χ1) is 13.9. The van der Waals surface area contributed by atoms with Crippen LogP contribution in [0.5, 0.6) is 0 Å². The van der Waals surface area contributed by atoms with Crippen LogP contribution in [0, 0.1) is 18.8 Å². The maximum atomic E-state index is 13.3. The van der Waals surface area contributed by atoms with Crippen molar-refractivity contribution in [2.45, 2.75) is 39.5 Å². The molecule has 1 amide bonds. The highest BCUT2D eigenvalue weighted by Crippen LogP contribution is 2.44. The normalized spacial score (nSPS) is 24.0. The number of allylic oxidation sites excluding steroid dienone is 1. The summed E-state index contributed by atoms with van der Waals surface area (Å²) in [5.74, 6) is -0.00898. The maximum absolute atomic E-state index is 13.3. The number of fused-ring (bicyclic) bond motifs is 1. The number of ketones is 1. The molecule has 1 aliphatic carbocycles. The number of aliphatic imine (C=N–C) groups is 1. The van der Waals surface area contributed by atoms with Crippen LogP contribution in [-0.4, -0.2) is 22.4 Å². The van der Waals surface area contributed by atoms with Gasteiger partial charge in [-0.2, -0.15) is 0 Å². The van der Waals surface area contributed by atoms with E-state index in [1.54, 1.807) is 18.3 Å². The second-order valence-corrected chi connectivity index (χ2v) is 8.12. The van der Waals surface area contributed by atoms with Gasteiger partial charge in [-0.25, -0.2) is 4.98 Å². The van der Waals surface area contributed by atoms with Gasteiger partial charge in [-0.1, -0.05) is 42.8 Å². The van der Waals surface area contributed by atoms with Gasteiger partial charge in [0.1, 0.15) is 11.6 Å². The number of hydrogen-bond donors (Lipinski definition) is 1. The molecule has 148 valence electrons. The lowest BCUT2D eigenvalue weighted by molar-refractivity contribution is -0.123. The summed E-state index contributed by atoms with van der Waals surface area (Å²) in [6.07, 6.45) is 2.96. The third kappa shape index (κ3) is 3.77. The van der Waals surface area contributed by atoms with Crippen LogP contribution in [0.2, 0.25) is 0 Å². The molecule has 1 unspecified atom stereocenters. The summed E-state index contributed by atoms with van der Waals surface area (Å²) in [6.45, 7) is 5.97. The molecule has 1 aliphatic heterocycles. The van der Waals surface area contributed by atoms with Crippen molar-refractivity contribution >= 4 is 23.2 Å². The van der Waals surface area contributed by atoms with Gasteiger partial charge in [0.15, 0.2) is 0 Å². The molecule has 1 fully saturated rings. The van der Waals surface area contributed by atoms with Crippen molar-refractivity contribution in [1.29, 1.82) is 0 Å². The zero-order valence-electron chi connectivity index (χ0n) is 17.0. The summed E-state index contributed by atoms with van der Waals surface area (Å²) in [5.41, 5.74) is 4.25. The van der Waals surface area contributed by atoms with E-state index in [-0.39, 0.29) is 29.4 Å². The maximum Gasteiger partial charge on any atom is 0.255 e. The number of carbonyl (C=O) groups excluding carboxylic acids is 2. The molecular weight excluding hydrogens is 362 g/mol. The molecule has 1 aromatic carbocycles. The molecule has 29 heavy (non-hydrogen) atoms. The van der Waals surface area contributed by atoms with Crippen LogP contribution in [0.1, 0.15) is 43.7 Å². The Hall–Kier alpha value is -3.08. The first-order valence-corrected chi connectivity index (χ1v) is 10.0. The van der Waals surface area contributed by atoms with Crippen molar-refractivity contribution in [1.82, 2.24) is 4.98 Å². The Bertz CT molecular complexity index is 1010. The van der Waals surface area contributed by atoms with Crippen molar-refractivity contribution < 1.29 is 9.59 Å². The number of anilines is 1. The molecule has 0 radical (unpaired) electrons. The lowest BCUT2D eigenvalue weighted by Gasteiger charge is -2.37. The van der Waals surface area contributed by atoms with Crippen molar-refractivity contribution in [3.8, 4) is 0 Å². The zero-order valence-corrected chi connectivity index (χ0v) is 17.0. The lowest BCUT2D eigenvalue weighted by atomic mass is 9.67. The number of nitrogens with zero attached hydrogens (tertiary/aromatic N) is 2. The number of aromatic nitrogens is 1. The Balaban J connectivity index is 1.80. The minimum atomic E-state index is -0.373. The summed E-state index contributed by atoms with van der Waals surface area (Å²) >= 11 is 0. The van der Waals surface area contributed by atoms with Gasteiger partial charge in [0, 0.05) is 35.5 Å². The fourth-order valence-electron chi connectivity index (χ4n) is 4.43. The largest absolute Gasteiger partial charge is 0.307 e. The van der Waals surface area contributed by atoms with E-state index >= 15 is 0 Å². The summed E-state index contributed by atoms with van der Waals surface area (Å²) in [4.78, 5) is 35.3. The SMILES string of the molecule is CC1=C(C(=O)Nc2ccccn2)[C@H](c2ccc(C)cc2)C2C(=O)C[C@H](C)CC2=N1. The summed E-state index contributed by atoms with van der Waals surface area (Å²) < 4.78 is 0. The standard InChI is InChI=1S/C24H25N3O2/c1-14-7-9-17(10-8-14)22-21(24(29)27-20-6-4-5-11-25-20)16(3)26-18-12-15(2)13-19(28)23(18)22/h4-11,15,22-23H,12-13H2,1-3H3,(H,25,27,29)/t15-,22+,23?/m1/s1. The van der Waals surface area contributed by atoms with Crippen LogP contribution < -0.4 is 5.32 Å². The average Bonchev–Trinajstić information content (AvgIpc) is 2.68. The zero-order chi connectivity index (χ0) is 20.5. The number of nitrogens with one attached hydrogen (secondary N) is 1. The Morgan fingerprint density at radius 1 is 1.03 bits per heavy atom. The molecule has 2 heterocycles. The second-order valence-electron chi connectivity index (χ2n) is 8.12. The van der Waals surface area contributed by atoms with E-state index in [1.807, 2.05) is 44.2 Å². The van der Waals surface area contributed by atoms with Crippen LogP contribution in [-0.2, 0) is 9.59 Å². The minimum absolute atomic E-state index is 0.170. The predicted molar refractivity (Wildman–Crippen MR) is 114 cm³/mol. The van der Waals surface area contributed by atoms with Crippen molar-refractivity contribution in [2.75, 3.05) is 5.32 Å². The average molecular weight is 387 g/mol. The summed E-state index contributed by atoms with van der Waals surface area (Å²) in [6, 6.07) is 13.5. The van der Waals surface area contributed by atoms with Gasteiger partial charge in [-0.15, -0.1) is 0 Å². The molecule has 1 N–H and O–H groups in total. The van der Waals surface area contributed by atoms with Gasteiger partial charge in [-0.05, 0) is 43.9 Å². The van der Waals surface area contributed by atoms with E-state index in [2.05, 4.69) is 17.2 Å². The fourth-order valence-corrected chi connectivity index (χ4v) is 4.43.